The first-order chi connectivity index (χ1) is 20.1. The van der Waals surface area contributed by atoms with Crippen molar-refractivity contribution in [3.8, 4) is 10.8 Å². The van der Waals surface area contributed by atoms with Crippen molar-refractivity contribution in [1.29, 1.82) is 0 Å². The summed E-state index contributed by atoms with van der Waals surface area (Å²) in [5.41, 5.74) is -0.413. The number of hydrogen-bond donors (Lipinski definition) is 1. The molecule has 5 rings (SSSR count). The molecule has 0 bridgehead atoms. The Kier molecular flexibility index (Phi) is 8.57. The van der Waals surface area contributed by atoms with Crippen molar-refractivity contribution < 1.29 is 23.4 Å². The lowest BCUT2D eigenvalue weighted by atomic mass is 10.1. The van der Waals surface area contributed by atoms with Crippen molar-refractivity contribution in [1.82, 2.24) is 29.4 Å². The van der Waals surface area contributed by atoms with Gasteiger partial charge in [-0.15, -0.1) is 4.80 Å². The molecule has 3 aromatic heterocycles. The van der Waals surface area contributed by atoms with Gasteiger partial charge in [-0.1, -0.05) is 11.3 Å². The molecule has 14 heteroatoms. The molecule has 0 saturated carbocycles. The summed E-state index contributed by atoms with van der Waals surface area (Å²) in [6, 6.07) is 2.87. The summed E-state index contributed by atoms with van der Waals surface area (Å²) >= 11 is 1.16. The predicted molar refractivity (Wildman–Crippen MR) is 154 cm³/mol. The summed E-state index contributed by atoms with van der Waals surface area (Å²) in [6.07, 6.45) is 2.17. The number of carbonyl (C=O) groups excluding carboxylic acids is 1. The number of fused-ring (bicyclic) bond motifs is 1. The lowest BCUT2D eigenvalue weighted by Crippen LogP contribution is -2.45. The van der Waals surface area contributed by atoms with E-state index in [2.05, 4.69) is 15.5 Å². The summed E-state index contributed by atoms with van der Waals surface area (Å²) in [7, 11) is 1.47. The molecule has 1 saturated heterocycles. The van der Waals surface area contributed by atoms with Gasteiger partial charge in [0.15, 0.2) is 0 Å². The van der Waals surface area contributed by atoms with E-state index in [4.69, 9.17) is 14.2 Å². The molecule has 1 aliphatic rings. The van der Waals surface area contributed by atoms with Crippen LogP contribution in [0, 0.1) is 12.7 Å². The first-order valence-electron chi connectivity index (χ1n) is 13.7. The summed E-state index contributed by atoms with van der Waals surface area (Å²) in [5.74, 6) is -0.801. The van der Waals surface area contributed by atoms with Crippen LogP contribution >= 0.6 is 11.3 Å². The summed E-state index contributed by atoms with van der Waals surface area (Å²) in [4.78, 5) is 43.0. The Morgan fingerprint density at radius 1 is 1.21 bits per heavy atom. The third-order valence-corrected chi connectivity index (χ3v) is 8.45. The molecular weight excluding hydrogens is 567 g/mol. The summed E-state index contributed by atoms with van der Waals surface area (Å²) < 4.78 is 34.1. The Morgan fingerprint density at radius 3 is 2.60 bits per heavy atom. The Bertz CT molecular complexity index is 1710. The van der Waals surface area contributed by atoms with Crippen LogP contribution in [0.15, 0.2) is 40.2 Å². The van der Waals surface area contributed by atoms with E-state index in [0.717, 1.165) is 15.9 Å². The number of aromatic nitrogens is 5. The molecule has 1 fully saturated rings. The van der Waals surface area contributed by atoms with E-state index in [-0.39, 0.29) is 24.1 Å². The molecule has 0 aliphatic carbocycles. The molecule has 3 atom stereocenters. The van der Waals surface area contributed by atoms with Crippen LogP contribution in [-0.2, 0) is 20.8 Å². The number of methoxy groups -OCH3 is 1. The van der Waals surface area contributed by atoms with Gasteiger partial charge in [0, 0.05) is 17.7 Å². The van der Waals surface area contributed by atoms with Gasteiger partial charge in [-0.2, -0.15) is 10.2 Å². The zero-order valence-electron chi connectivity index (χ0n) is 24.0. The maximum Gasteiger partial charge on any atom is 0.333 e. The molecular formula is C28H33FN6O6S. The number of hydrogen-bond acceptors (Lipinski definition) is 10. The number of nitrogens with zero attached hydrogens (tertiary/aromatic N) is 5. The Morgan fingerprint density at radius 2 is 1.95 bits per heavy atom. The van der Waals surface area contributed by atoms with Gasteiger partial charge in [0.25, 0.3) is 5.56 Å². The topological polar surface area (TPSA) is 132 Å². The zero-order valence-corrected chi connectivity index (χ0v) is 24.8. The van der Waals surface area contributed by atoms with E-state index in [9.17, 15) is 18.8 Å². The van der Waals surface area contributed by atoms with Crippen molar-refractivity contribution in [2.24, 2.45) is 0 Å². The number of ether oxygens (including phenoxy) is 3. The van der Waals surface area contributed by atoms with Gasteiger partial charge >= 0.3 is 11.7 Å². The van der Waals surface area contributed by atoms with Gasteiger partial charge in [-0.25, -0.2) is 18.5 Å². The van der Waals surface area contributed by atoms with Crippen molar-refractivity contribution in [2.45, 2.75) is 65.0 Å². The van der Waals surface area contributed by atoms with Crippen LogP contribution in [0.3, 0.4) is 0 Å². The highest BCUT2D eigenvalue weighted by molar-refractivity contribution is 7.21. The lowest BCUT2D eigenvalue weighted by Gasteiger charge is -2.25. The number of rotatable bonds is 10. The maximum absolute atomic E-state index is 14.4. The highest BCUT2D eigenvalue weighted by Gasteiger charge is 2.31. The molecule has 0 spiro atoms. The Balaban J connectivity index is 1.71. The Hall–Kier alpha value is -3.88. The van der Waals surface area contributed by atoms with E-state index in [1.807, 2.05) is 13.8 Å². The van der Waals surface area contributed by atoms with E-state index in [0.29, 0.717) is 46.2 Å². The number of carbonyl (C=O) groups is 1. The lowest BCUT2D eigenvalue weighted by molar-refractivity contribution is -0.151. The number of nitrogens with one attached hydrogen (secondary N) is 1. The second-order valence-corrected chi connectivity index (χ2v) is 11.4. The fourth-order valence-corrected chi connectivity index (χ4v) is 6.35. The standard InChI is InChI=1S/C28H33FN6O6S/c1-15(2)40-22(20-12-18(29)6-7-21(20)39-5)14-33-26-23(16(3)25(42-26)35-31-10-11-32-35)24(36)34(28(33)38)17(4)27(37)41-19-8-9-30-13-19/h6-7,10-12,15,17,19,22,30H,8-9,13-14H2,1-5H3/t17-,19?,22-/m0/s1. The SMILES string of the molecule is COc1ccc(F)cc1[C@H](Cn1c(=O)n([C@@H](C)C(=O)OC2CCNC2)c(=O)c2c(C)c(-n3nccn3)sc21)OC(C)C. The van der Waals surface area contributed by atoms with Crippen LogP contribution < -0.4 is 21.3 Å². The zero-order chi connectivity index (χ0) is 30.1. The molecule has 224 valence electrons. The molecule has 1 unspecified atom stereocenters. The van der Waals surface area contributed by atoms with Crippen molar-refractivity contribution in [3.05, 3.63) is 68.4 Å². The second-order valence-electron chi connectivity index (χ2n) is 10.4. The molecule has 1 aliphatic heterocycles. The van der Waals surface area contributed by atoms with Crippen LogP contribution in [0.4, 0.5) is 4.39 Å². The quantitative estimate of drug-likeness (QED) is 0.273. The summed E-state index contributed by atoms with van der Waals surface area (Å²) in [5, 5.41) is 12.3. The number of benzene rings is 1. The second kappa shape index (κ2) is 12.2. The molecule has 12 nitrogen and oxygen atoms in total. The first-order valence-corrected chi connectivity index (χ1v) is 14.5. The normalized spacial score (nSPS) is 16.7. The van der Waals surface area contributed by atoms with Crippen molar-refractivity contribution in [3.63, 3.8) is 0 Å². The van der Waals surface area contributed by atoms with Crippen molar-refractivity contribution >= 4 is 27.5 Å². The molecule has 4 aromatic rings. The minimum atomic E-state index is -1.21. The smallest absolute Gasteiger partial charge is 0.333 e. The van der Waals surface area contributed by atoms with E-state index >= 15 is 0 Å². The molecule has 0 amide bonds. The van der Waals surface area contributed by atoms with Gasteiger partial charge in [0.1, 0.15) is 39.6 Å². The number of esters is 1. The highest BCUT2D eigenvalue weighted by atomic mass is 32.1. The van der Waals surface area contributed by atoms with Crippen molar-refractivity contribution in [2.75, 3.05) is 20.2 Å². The maximum atomic E-state index is 14.4. The van der Waals surface area contributed by atoms with Gasteiger partial charge in [-0.3, -0.25) is 9.36 Å². The molecule has 0 radical (unpaired) electrons. The third-order valence-electron chi connectivity index (χ3n) is 7.17. The molecule has 4 heterocycles. The largest absolute Gasteiger partial charge is 0.496 e. The van der Waals surface area contributed by atoms with E-state index in [1.165, 1.54) is 54.0 Å². The number of halogens is 1. The monoisotopic (exact) mass is 600 g/mol. The highest BCUT2D eigenvalue weighted by Crippen LogP contribution is 2.34. The fourth-order valence-electron chi connectivity index (χ4n) is 5.13. The molecule has 1 N–H and O–H groups in total. The van der Waals surface area contributed by atoms with Gasteiger partial charge in [0.2, 0.25) is 0 Å². The predicted octanol–water partition coefficient (Wildman–Crippen LogP) is 2.89. The van der Waals surface area contributed by atoms with Crippen LogP contribution in [-0.4, -0.2) is 62.5 Å². The van der Waals surface area contributed by atoms with E-state index < -0.39 is 35.2 Å². The molecule has 1 aromatic carbocycles. The number of thiophene rings is 1. The minimum absolute atomic E-state index is 0.103. The van der Waals surface area contributed by atoms with Gasteiger partial charge < -0.3 is 19.5 Å². The van der Waals surface area contributed by atoms with Crippen LogP contribution in [0.2, 0.25) is 0 Å². The van der Waals surface area contributed by atoms with Crippen LogP contribution in [0.5, 0.6) is 5.75 Å². The van der Waals surface area contributed by atoms with E-state index in [1.54, 1.807) is 6.92 Å². The average Bonchev–Trinajstić information content (AvgIpc) is 3.72. The average molecular weight is 601 g/mol. The van der Waals surface area contributed by atoms with Crippen LogP contribution in [0.25, 0.3) is 15.2 Å². The third kappa shape index (κ3) is 5.61. The van der Waals surface area contributed by atoms with Crippen LogP contribution in [0.1, 0.15) is 50.5 Å². The Labute approximate surface area is 244 Å². The summed E-state index contributed by atoms with van der Waals surface area (Å²) in [6.45, 7) is 7.97. The van der Waals surface area contributed by atoms with Gasteiger partial charge in [-0.05, 0) is 58.9 Å². The van der Waals surface area contributed by atoms with Gasteiger partial charge in [0.05, 0.1) is 37.5 Å². The molecule has 42 heavy (non-hydrogen) atoms. The fraction of sp³-hybridized carbons (Fsp3) is 0.464. The first kappa shape index (κ1) is 29.6. The minimum Gasteiger partial charge on any atom is -0.496 e. The number of aryl methyl sites for hydroxylation is 1.